The van der Waals surface area contributed by atoms with Crippen molar-refractivity contribution in [3.8, 4) is 0 Å². The Morgan fingerprint density at radius 2 is 2.00 bits per heavy atom. The van der Waals surface area contributed by atoms with Gasteiger partial charge in [-0.2, -0.15) is 0 Å². The maximum absolute atomic E-state index is 11.9. The van der Waals surface area contributed by atoms with Gasteiger partial charge in [0.1, 0.15) is 18.2 Å². The van der Waals surface area contributed by atoms with Crippen LogP contribution >= 0.6 is 0 Å². The fourth-order valence-corrected chi connectivity index (χ4v) is 1.72. The minimum Gasteiger partial charge on any atom is -0.480 e. The van der Waals surface area contributed by atoms with Gasteiger partial charge in [0.25, 0.3) is 5.91 Å². The lowest BCUT2D eigenvalue weighted by molar-refractivity contribution is -0.156. The van der Waals surface area contributed by atoms with Crippen LogP contribution in [0.5, 0.6) is 0 Å². The van der Waals surface area contributed by atoms with Crippen molar-refractivity contribution in [2.24, 2.45) is 0 Å². The van der Waals surface area contributed by atoms with Gasteiger partial charge in [0.2, 0.25) is 5.91 Å². The number of rotatable bonds is 3. The zero-order chi connectivity index (χ0) is 15.5. The molecule has 2 N–H and O–H groups in total. The lowest BCUT2D eigenvalue weighted by Gasteiger charge is -2.30. The van der Waals surface area contributed by atoms with Gasteiger partial charge in [-0.15, -0.1) is 0 Å². The van der Waals surface area contributed by atoms with Crippen molar-refractivity contribution >= 4 is 23.9 Å². The molecule has 8 heteroatoms. The number of carboxylic acids is 1. The van der Waals surface area contributed by atoms with Crippen molar-refractivity contribution in [2.75, 3.05) is 6.54 Å². The van der Waals surface area contributed by atoms with E-state index in [2.05, 4.69) is 5.32 Å². The molecular weight excluding hydrogens is 268 g/mol. The van der Waals surface area contributed by atoms with E-state index >= 15 is 0 Å². The van der Waals surface area contributed by atoms with Gasteiger partial charge in [0.15, 0.2) is 0 Å². The zero-order valence-corrected chi connectivity index (χ0v) is 11.6. The van der Waals surface area contributed by atoms with E-state index in [9.17, 15) is 19.2 Å². The van der Waals surface area contributed by atoms with E-state index in [0.717, 1.165) is 0 Å². The number of piperidine rings is 1. The number of alkyl carbamates (subject to hydrolysis) is 1. The molecule has 1 unspecified atom stereocenters. The molecule has 0 bridgehead atoms. The highest BCUT2D eigenvalue weighted by Gasteiger charge is 2.36. The maximum atomic E-state index is 11.9. The van der Waals surface area contributed by atoms with Gasteiger partial charge in [-0.25, -0.2) is 4.79 Å². The molecule has 3 amide bonds. The predicted octanol–water partition coefficient (Wildman–Crippen LogP) is 0.113. The Labute approximate surface area is 116 Å². The smallest absolute Gasteiger partial charge is 0.408 e. The molecule has 1 aliphatic rings. The lowest BCUT2D eigenvalue weighted by Crippen LogP contribution is -2.56. The van der Waals surface area contributed by atoms with E-state index in [0.29, 0.717) is 4.90 Å². The third-order valence-corrected chi connectivity index (χ3v) is 2.50. The Bertz CT molecular complexity index is 440. The fraction of sp³-hybridized carbons (Fsp3) is 0.667. The molecule has 0 saturated carbocycles. The fourth-order valence-electron chi connectivity index (χ4n) is 1.72. The third kappa shape index (κ3) is 4.52. The van der Waals surface area contributed by atoms with E-state index in [1.54, 1.807) is 20.8 Å². The Morgan fingerprint density at radius 3 is 2.50 bits per heavy atom. The minimum absolute atomic E-state index is 0.000511. The zero-order valence-electron chi connectivity index (χ0n) is 11.6. The van der Waals surface area contributed by atoms with Gasteiger partial charge in [-0.3, -0.25) is 19.3 Å². The molecule has 0 aromatic heterocycles. The number of hydrogen-bond donors (Lipinski definition) is 2. The summed E-state index contributed by atoms with van der Waals surface area (Å²) in [6, 6.07) is -0.943. The highest BCUT2D eigenvalue weighted by Crippen LogP contribution is 2.14. The van der Waals surface area contributed by atoms with Gasteiger partial charge >= 0.3 is 12.1 Å². The first kappa shape index (κ1) is 15.9. The average molecular weight is 286 g/mol. The molecule has 1 rings (SSSR count). The van der Waals surface area contributed by atoms with Crippen molar-refractivity contribution in [1.29, 1.82) is 0 Å². The van der Waals surface area contributed by atoms with E-state index in [-0.39, 0.29) is 12.8 Å². The van der Waals surface area contributed by atoms with Crippen molar-refractivity contribution < 1.29 is 29.0 Å². The van der Waals surface area contributed by atoms with Crippen LogP contribution < -0.4 is 5.32 Å². The summed E-state index contributed by atoms with van der Waals surface area (Å²) in [5, 5.41) is 11.0. The van der Waals surface area contributed by atoms with Crippen molar-refractivity contribution in [3.05, 3.63) is 0 Å². The summed E-state index contributed by atoms with van der Waals surface area (Å²) < 4.78 is 5.01. The molecule has 1 fully saturated rings. The van der Waals surface area contributed by atoms with Crippen LogP contribution in [0.25, 0.3) is 0 Å². The van der Waals surface area contributed by atoms with Crippen LogP contribution in [-0.2, 0) is 19.1 Å². The number of carbonyl (C=O) groups is 4. The van der Waals surface area contributed by atoms with Crippen LogP contribution in [0.15, 0.2) is 0 Å². The Morgan fingerprint density at radius 1 is 1.40 bits per heavy atom. The van der Waals surface area contributed by atoms with E-state index in [4.69, 9.17) is 9.84 Å². The molecule has 0 aromatic rings. The number of nitrogens with zero attached hydrogens (tertiary/aromatic N) is 1. The maximum Gasteiger partial charge on any atom is 0.408 e. The van der Waals surface area contributed by atoms with Crippen LogP contribution in [0.1, 0.15) is 33.6 Å². The quantitative estimate of drug-likeness (QED) is 0.712. The number of imide groups is 1. The summed E-state index contributed by atoms with van der Waals surface area (Å²) in [5.41, 5.74) is -0.710. The summed E-state index contributed by atoms with van der Waals surface area (Å²) in [6.45, 7) is 4.32. The molecule has 8 nitrogen and oxygen atoms in total. The number of amides is 3. The Balaban J connectivity index is 2.67. The summed E-state index contributed by atoms with van der Waals surface area (Å²) >= 11 is 0. The van der Waals surface area contributed by atoms with Crippen LogP contribution in [0.4, 0.5) is 4.79 Å². The second-order valence-electron chi connectivity index (χ2n) is 5.45. The first-order chi connectivity index (χ1) is 9.10. The number of carboxylic acid groups (broad SMARTS) is 1. The summed E-state index contributed by atoms with van der Waals surface area (Å²) in [6.07, 6.45) is -0.646. The van der Waals surface area contributed by atoms with Gasteiger partial charge in [0, 0.05) is 6.42 Å². The monoisotopic (exact) mass is 286 g/mol. The average Bonchev–Trinajstić information content (AvgIpc) is 2.25. The number of carbonyl (C=O) groups excluding carboxylic acids is 3. The molecule has 0 radical (unpaired) electrons. The van der Waals surface area contributed by atoms with Crippen LogP contribution in [0.3, 0.4) is 0 Å². The molecule has 0 aromatic carbocycles. The number of nitrogens with one attached hydrogen (secondary N) is 1. The number of ether oxygens (including phenoxy) is 1. The van der Waals surface area contributed by atoms with Crippen molar-refractivity contribution in [1.82, 2.24) is 10.2 Å². The molecule has 1 heterocycles. The van der Waals surface area contributed by atoms with Gasteiger partial charge in [-0.05, 0) is 27.2 Å². The lowest BCUT2D eigenvalue weighted by atomic mass is 10.0. The molecule has 1 saturated heterocycles. The molecule has 0 aliphatic carbocycles. The number of likely N-dealkylation sites (tertiary alicyclic amines) is 1. The van der Waals surface area contributed by atoms with E-state index < -0.39 is 42.1 Å². The molecule has 112 valence electrons. The van der Waals surface area contributed by atoms with Gasteiger partial charge < -0.3 is 15.2 Å². The topological polar surface area (TPSA) is 113 Å². The highest BCUT2D eigenvalue weighted by atomic mass is 16.6. The van der Waals surface area contributed by atoms with E-state index in [1.807, 2.05) is 0 Å². The largest absolute Gasteiger partial charge is 0.480 e. The normalized spacial score (nSPS) is 19.8. The first-order valence-electron chi connectivity index (χ1n) is 6.15. The summed E-state index contributed by atoms with van der Waals surface area (Å²) in [4.78, 5) is 46.3. The van der Waals surface area contributed by atoms with Crippen LogP contribution in [0, 0.1) is 0 Å². The Hall–Kier alpha value is -2.12. The first-order valence-corrected chi connectivity index (χ1v) is 6.15. The molecule has 0 spiro atoms. The van der Waals surface area contributed by atoms with Crippen LogP contribution in [0.2, 0.25) is 0 Å². The van der Waals surface area contributed by atoms with Gasteiger partial charge in [0.05, 0.1) is 0 Å². The standard InChI is InChI=1S/C12H18N2O6/c1-12(2,3)20-11(19)13-7-4-5-8(15)14(10(7)18)6-9(16)17/h7H,4-6H2,1-3H3,(H,13,19)(H,16,17). The van der Waals surface area contributed by atoms with Gasteiger partial charge in [-0.1, -0.05) is 0 Å². The highest BCUT2D eigenvalue weighted by molar-refractivity contribution is 6.03. The Kier molecular flexibility index (Phi) is 4.69. The van der Waals surface area contributed by atoms with Crippen LogP contribution in [-0.4, -0.2) is 52.1 Å². The summed E-state index contributed by atoms with van der Waals surface area (Å²) in [7, 11) is 0. The number of aliphatic carboxylic acids is 1. The third-order valence-electron chi connectivity index (χ3n) is 2.50. The van der Waals surface area contributed by atoms with Crippen molar-refractivity contribution in [3.63, 3.8) is 0 Å². The van der Waals surface area contributed by atoms with Crippen molar-refractivity contribution in [2.45, 2.75) is 45.3 Å². The predicted molar refractivity (Wildman–Crippen MR) is 66.7 cm³/mol. The summed E-state index contributed by atoms with van der Waals surface area (Å²) in [5.74, 6) is -2.57. The second-order valence-corrected chi connectivity index (χ2v) is 5.45. The number of hydrogen-bond acceptors (Lipinski definition) is 5. The minimum atomic E-state index is -1.29. The molecule has 1 atom stereocenters. The molecule has 20 heavy (non-hydrogen) atoms. The molecule has 1 aliphatic heterocycles. The second kappa shape index (κ2) is 5.89. The molecular formula is C12H18N2O6. The van der Waals surface area contributed by atoms with E-state index in [1.165, 1.54) is 0 Å². The SMILES string of the molecule is CC(C)(C)OC(=O)NC1CCC(=O)N(CC(=O)O)C1=O.